The number of fused-ring (bicyclic) bond motifs is 1. The van der Waals surface area contributed by atoms with Crippen molar-refractivity contribution in [3.05, 3.63) is 66.1 Å². The third kappa shape index (κ3) is 3.54. The van der Waals surface area contributed by atoms with E-state index in [4.69, 9.17) is 0 Å². The molecular weight excluding hydrogens is 344 g/mol. The van der Waals surface area contributed by atoms with Gasteiger partial charge in [0, 0.05) is 36.6 Å². The first-order valence-corrected chi connectivity index (χ1v) is 8.88. The van der Waals surface area contributed by atoms with Gasteiger partial charge in [-0.3, -0.25) is 14.6 Å². The van der Waals surface area contributed by atoms with E-state index in [0.29, 0.717) is 24.2 Å². The molecule has 4 rings (SSSR count). The molecular formula is C20H20N4O3. The van der Waals surface area contributed by atoms with Crippen LogP contribution >= 0.6 is 0 Å². The summed E-state index contributed by atoms with van der Waals surface area (Å²) in [6.07, 6.45) is 3.04. The molecule has 0 unspecified atom stereocenters. The second kappa shape index (κ2) is 7.20. The van der Waals surface area contributed by atoms with Gasteiger partial charge in [0.25, 0.3) is 11.8 Å². The molecule has 1 fully saturated rings. The molecule has 1 aromatic carbocycles. The van der Waals surface area contributed by atoms with Crippen molar-refractivity contribution in [2.45, 2.75) is 18.6 Å². The molecule has 7 nitrogen and oxygen atoms in total. The van der Waals surface area contributed by atoms with Crippen LogP contribution in [0.15, 0.2) is 54.9 Å². The van der Waals surface area contributed by atoms with Crippen LogP contribution in [0, 0.1) is 0 Å². The minimum atomic E-state index is -0.829. The van der Waals surface area contributed by atoms with Crippen molar-refractivity contribution in [2.24, 2.45) is 0 Å². The average Bonchev–Trinajstić information content (AvgIpc) is 3.17. The van der Waals surface area contributed by atoms with Crippen LogP contribution < -0.4 is 5.32 Å². The zero-order chi connectivity index (χ0) is 18.8. The van der Waals surface area contributed by atoms with Crippen molar-refractivity contribution >= 4 is 22.7 Å². The van der Waals surface area contributed by atoms with Gasteiger partial charge in [-0.1, -0.05) is 12.1 Å². The summed E-state index contributed by atoms with van der Waals surface area (Å²) < 4.78 is 0. The summed E-state index contributed by atoms with van der Waals surface area (Å²) in [7, 11) is 0. The van der Waals surface area contributed by atoms with Crippen molar-refractivity contribution in [3.63, 3.8) is 0 Å². The first-order valence-electron chi connectivity index (χ1n) is 8.88. The van der Waals surface area contributed by atoms with E-state index in [1.807, 2.05) is 18.3 Å². The number of H-pyrrole nitrogens is 1. The maximum absolute atomic E-state index is 12.5. The Kier molecular flexibility index (Phi) is 4.60. The number of amides is 2. The van der Waals surface area contributed by atoms with Crippen molar-refractivity contribution in [2.75, 3.05) is 13.1 Å². The van der Waals surface area contributed by atoms with Crippen molar-refractivity contribution in [3.8, 4) is 0 Å². The van der Waals surface area contributed by atoms with Gasteiger partial charge in [-0.15, -0.1) is 0 Å². The van der Waals surface area contributed by atoms with E-state index in [2.05, 4.69) is 15.3 Å². The number of aromatic nitrogens is 2. The molecule has 0 radical (unpaired) electrons. The average molecular weight is 364 g/mol. The highest BCUT2D eigenvalue weighted by atomic mass is 16.3. The highest BCUT2D eigenvalue weighted by Crippen LogP contribution is 2.17. The lowest BCUT2D eigenvalue weighted by Crippen LogP contribution is -2.55. The third-order valence-corrected chi connectivity index (χ3v) is 4.89. The molecule has 0 bridgehead atoms. The van der Waals surface area contributed by atoms with E-state index in [1.165, 1.54) is 0 Å². The summed E-state index contributed by atoms with van der Waals surface area (Å²) >= 11 is 0. The van der Waals surface area contributed by atoms with Crippen LogP contribution in [0.4, 0.5) is 0 Å². The predicted molar refractivity (Wildman–Crippen MR) is 100 cm³/mol. The number of hydrogen-bond acceptors (Lipinski definition) is 4. The van der Waals surface area contributed by atoms with Crippen molar-refractivity contribution in [1.29, 1.82) is 0 Å². The molecule has 2 aromatic heterocycles. The Hall–Kier alpha value is -3.19. The van der Waals surface area contributed by atoms with Gasteiger partial charge >= 0.3 is 0 Å². The number of carbonyl (C=O) groups excluding carboxylic acids is 2. The standard InChI is InChI=1S/C20H20N4O3/c25-18-12-24(20(27)16-3-1-2-8-21-16)10-7-15(18)23-19(26)14-5-4-13-6-9-22-17(13)11-14/h1-6,8-9,11,15,18,22,25H,7,10,12H2,(H,23,26)/t15-,18-/m1/s1. The number of aliphatic hydroxyl groups excluding tert-OH is 1. The fourth-order valence-electron chi connectivity index (χ4n) is 3.38. The molecule has 7 heteroatoms. The number of nitrogens with zero attached hydrogens (tertiary/aromatic N) is 2. The molecule has 1 aliphatic heterocycles. The van der Waals surface area contributed by atoms with Gasteiger partial charge in [-0.25, -0.2) is 0 Å². The summed E-state index contributed by atoms with van der Waals surface area (Å²) in [5.74, 6) is -0.448. The summed E-state index contributed by atoms with van der Waals surface area (Å²) in [5.41, 5.74) is 1.77. The Labute approximate surface area is 156 Å². The second-order valence-electron chi connectivity index (χ2n) is 6.68. The van der Waals surface area contributed by atoms with Gasteiger partial charge in [0.05, 0.1) is 12.1 Å². The molecule has 27 heavy (non-hydrogen) atoms. The summed E-state index contributed by atoms with van der Waals surface area (Å²) in [4.78, 5) is 33.7. The molecule has 1 aliphatic rings. The lowest BCUT2D eigenvalue weighted by atomic mass is 10.0. The quantitative estimate of drug-likeness (QED) is 0.657. The van der Waals surface area contributed by atoms with Gasteiger partial charge < -0.3 is 20.3 Å². The Bertz CT molecular complexity index is 970. The Morgan fingerprint density at radius 2 is 2.11 bits per heavy atom. The Balaban J connectivity index is 1.39. The third-order valence-electron chi connectivity index (χ3n) is 4.89. The molecule has 3 heterocycles. The maximum Gasteiger partial charge on any atom is 0.272 e. The summed E-state index contributed by atoms with van der Waals surface area (Å²) in [6.45, 7) is 0.614. The van der Waals surface area contributed by atoms with Crippen molar-refractivity contribution < 1.29 is 14.7 Å². The predicted octanol–water partition coefficient (Wildman–Crippen LogP) is 1.57. The number of nitrogens with one attached hydrogen (secondary N) is 2. The van der Waals surface area contributed by atoms with Crippen LogP contribution in [0.25, 0.3) is 10.9 Å². The first-order chi connectivity index (χ1) is 13.1. The molecule has 1 saturated heterocycles. The van der Waals surface area contributed by atoms with Crippen LogP contribution in [0.3, 0.4) is 0 Å². The molecule has 0 aliphatic carbocycles. The fourth-order valence-corrected chi connectivity index (χ4v) is 3.38. The van der Waals surface area contributed by atoms with Crippen LogP contribution in [-0.4, -0.2) is 57.0 Å². The van der Waals surface area contributed by atoms with E-state index in [0.717, 1.165) is 10.9 Å². The first kappa shape index (κ1) is 17.2. The number of rotatable bonds is 3. The van der Waals surface area contributed by atoms with Gasteiger partial charge in [0.2, 0.25) is 0 Å². The monoisotopic (exact) mass is 364 g/mol. The SMILES string of the molecule is O=C(N[C@@H]1CCN(C(=O)c2ccccn2)C[C@H]1O)c1ccc2cc[nH]c2c1. The van der Waals surface area contributed by atoms with Gasteiger partial charge in [-0.05, 0) is 42.1 Å². The minimum Gasteiger partial charge on any atom is -0.389 e. The molecule has 3 N–H and O–H groups in total. The van der Waals surface area contributed by atoms with E-state index in [1.54, 1.807) is 41.4 Å². The number of aliphatic hydroxyl groups is 1. The minimum absolute atomic E-state index is 0.163. The molecule has 0 spiro atoms. The van der Waals surface area contributed by atoms with E-state index in [-0.39, 0.29) is 18.4 Å². The van der Waals surface area contributed by atoms with Crippen molar-refractivity contribution in [1.82, 2.24) is 20.2 Å². The smallest absolute Gasteiger partial charge is 0.272 e. The number of likely N-dealkylation sites (tertiary alicyclic amines) is 1. The lowest BCUT2D eigenvalue weighted by Gasteiger charge is -2.36. The molecule has 2 amide bonds. The Morgan fingerprint density at radius 1 is 1.22 bits per heavy atom. The zero-order valence-electron chi connectivity index (χ0n) is 14.6. The number of carbonyl (C=O) groups is 2. The molecule has 138 valence electrons. The van der Waals surface area contributed by atoms with Crippen LogP contribution in [0.5, 0.6) is 0 Å². The number of pyridine rings is 1. The maximum atomic E-state index is 12.5. The number of aromatic amines is 1. The van der Waals surface area contributed by atoms with E-state index >= 15 is 0 Å². The highest BCUT2D eigenvalue weighted by Gasteiger charge is 2.32. The van der Waals surface area contributed by atoms with Gasteiger partial charge in [0.15, 0.2) is 0 Å². The fraction of sp³-hybridized carbons (Fsp3) is 0.250. The van der Waals surface area contributed by atoms with Gasteiger partial charge in [-0.2, -0.15) is 0 Å². The molecule has 3 aromatic rings. The van der Waals surface area contributed by atoms with Crippen LogP contribution in [0.1, 0.15) is 27.3 Å². The van der Waals surface area contributed by atoms with Crippen LogP contribution in [-0.2, 0) is 0 Å². The number of β-amino-alcohol motifs (C(OH)–C–C–N with tert-alkyl or cyclic N) is 1. The van der Waals surface area contributed by atoms with E-state index < -0.39 is 12.1 Å². The largest absolute Gasteiger partial charge is 0.389 e. The lowest BCUT2D eigenvalue weighted by molar-refractivity contribution is 0.0311. The number of piperidine rings is 1. The van der Waals surface area contributed by atoms with Gasteiger partial charge in [0.1, 0.15) is 5.69 Å². The highest BCUT2D eigenvalue weighted by molar-refractivity contribution is 5.98. The zero-order valence-corrected chi connectivity index (χ0v) is 14.6. The normalized spacial score (nSPS) is 19.8. The number of hydrogen-bond donors (Lipinski definition) is 3. The topological polar surface area (TPSA) is 98.3 Å². The molecule has 2 atom stereocenters. The van der Waals surface area contributed by atoms with E-state index in [9.17, 15) is 14.7 Å². The second-order valence-corrected chi connectivity index (χ2v) is 6.68. The van der Waals surface area contributed by atoms with Crippen LogP contribution in [0.2, 0.25) is 0 Å². The Morgan fingerprint density at radius 3 is 2.89 bits per heavy atom. The molecule has 0 saturated carbocycles. The summed E-state index contributed by atoms with van der Waals surface area (Å²) in [6, 6.07) is 12.1. The summed E-state index contributed by atoms with van der Waals surface area (Å²) in [5, 5.41) is 14.4. The number of benzene rings is 1.